The Balaban J connectivity index is 1.92. The van der Waals surface area contributed by atoms with Crippen LogP contribution in [0.4, 0.5) is 11.4 Å². The maximum atomic E-state index is 12.7. The first-order valence-corrected chi connectivity index (χ1v) is 11.3. The standard InChI is InChI=1S/C18H11BrCl3N3O3S/c19-15-8-13(9-23-17(15)22)29(27,28)25-16-6-3-11(21)7-14(16)18(26)24-12-4-1-10(20)2-5-12/h1-9,25H,(H,24,26). The quantitative estimate of drug-likeness (QED) is 0.401. The summed E-state index contributed by atoms with van der Waals surface area (Å²) >= 11 is 20.8. The number of halogens is 4. The number of anilines is 2. The van der Waals surface area contributed by atoms with E-state index < -0.39 is 15.9 Å². The lowest BCUT2D eigenvalue weighted by atomic mass is 10.1. The molecule has 11 heteroatoms. The zero-order chi connectivity index (χ0) is 21.2. The van der Waals surface area contributed by atoms with E-state index in [0.29, 0.717) is 15.2 Å². The van der Waals surface area contributed by atoms with E-state index in [4.69, 9.17) is 34.8 Å². The second-order valence-corrected chi connectivity index (χ2v) is 9.47. The summed E-state index contributed by atoms with van der Waals surface area (Å²) in [4.78, 5) is 16.4. The van der Waals surface area contributed by atoms with Gasteiger partial charge in [-0.15, -0.1) is 0 Å². The minimum absolute atomic E-state index is 0.0389. The van der Waals surface area contributed by atoms with E-state index in [0.717, 1.165) is 6.20 Å². The first-order valence-electron chi connectivity index (χ1n) is 7.86. The van der Waals surface area contributed by atoms with Gasteiger partial charge in [-0.3, -0.25) is 9.52 Å². The summed E-state index contributed by atoms with van der Waals surface area (Å²) in [5, 5.41) is 3.57. The summed E-state index contributed by atoms with van der Waals surface area (Å²) in [5.41, 5.74) is 0.572. The zero-order valence-corrected chi connectivity index (χ0v) is 19.0. The number of amides is 1. The monoisotopic (exact) mass is 533 g/mol. The molecule has 2 aromatic carbocycles. The van der Waals surface area contributed by atoms with Gasteiger partial charge >= 0.3 is 0 Å². The first-order chi connectivity index (χ1) is 13.7. The van der Waals surface area contributed by atoms with Crippen molar-refractivity contribution in [3.05, 3.63) is 80.0 Å². The molecular weight excluding hydrogens is 525 g/mol. The van der Waals surface area contributed by atoms with Crippen molar-refractivity contribution >= 4 is 78.0 Å². The molecule has 0 spiro atoms. The lowest BCUT2D eigenvalue weighted by Gasteiger charge is -2.13. The van der Waals surface area contributed by atoms with Gasteiger partial charge in [0.05, 0.1) is 15.7 Å². The van der Waals surface area contributed by atoms with E-state index in [1.54, 1.807) is 24.3 Å². The number of hydrogen-bond donors (Lipinski definition) is 2. The van der Waals surface area contributed by atoms with Gasteiger partial charge in [0.1, 0.15) is 10.0 Å². The highest BCUT2D eigenvalue weighted by Crippen LogP contribution is 2.27. The first kappa shape index (κ1) is 21.9. The summed E-state index contributed by atoms with van der Waals surface area (Å²) in [5.74, 6) is -0.553. The van der Waals surface area contributed by atoms with Crippen molar-refractivity contribution in [1.29, 1.82) is 0 Å². The number of benzene rings is 2. The fraction of sp³-hybridized carbons (Fsp3) is 0. The number of rotatable bonds is 5. The molecule has 0 aliphatic carbocycles. The molecule has 2 N–H and O–H groups in total. The highest BCUT2D eigenvalue weighted by Gasteiger charge is 2.21. The van der Waals surface area contributed by atoms with Crippen LogP contribution in [0.3, 0.4) is 0 Å². The van der Waals surface area contributed by atoms with Crippen LogP contribution in [0.2, 0.25) is 15.2 Å². The molecule has 0 radical (unpaired) electrons. The predicted octanol–water partition coefficient (Wildman–Crippen LogP) is 5.86. The number of aromatic nitrogens is 1. The van der Waals surface area contributed by atoms with Gasteiger partial charge in [0.25, 0.3) is 15.9 Å². The molecule has 0 unspecified atom stereocenters. The Kier molecular flexibility index (Phi) is 6.70. The van der Waals surface area contributed by atoms with Crippen LogP contribution in [0.1, 0.15) is 10.4 Å². The molecule has 1 heterocycles. The number of nitrogens with zero attached hydrogens (tertiary/aromatic N) is 1. The summed E-state index contributed by atoms with van der Waals surface area (Å²) < 4.78 is 28.2. The van der Waals surface area contributed by atoms with E-state index >= 15 is 0 Å². The van der Waals surface area contributed by atoms with E-state index in [2.05, 4.69) is 31.0 Å². The molecule has 6 nitrogen and oxygen atoms in total. The highest BCUT2D eigenvalue weighted by atomic mass is 79.9. The molecular formula is C18H11BrCl3N3O3S. The van der Waals surface area contributed by atoms with E-state index in [-0.39, 0.29) is 26.3 Å². The van der Waals surface area contributed by atoms with Gasteiger partial charge in [0.2, 0.25) is 0 Å². The van der Waals surface area contributed by atoms with E-state index in [1.807, 2.05) is 0 Å². The van der Waals surface area contributed by atoms with Crippen molar-refractivity contribution in [3.63, 3.8) is 0 Å². The lowest BCUT2D eigenvalue weighted by molar-refractivity contribution is 0.102. The third-order valence-corrected chi connectivity index (χ3v) is 6.61. The van der Waals surface area contributed by atoms with Gasteiger partial charge in [-0.1, -0.05) is 34.8 Å². The molecule has 1 amide bonds. The number of carbonyl (C=O) groups excluding carboxylic acids is 1. The van der Waals surface area contributed by atoms with Crippen LogP contribution in [0, 0.1) is 0 Å². The van der Waals surface area contributed by atoms with Crippen LogP contribution in [0.5, 0.6) is 0 Å². The number of carbonyl (C=O) groups is 1. The Morgan fingerprint density at radius 2 is 1.62 bits per heavy atom. The highest BCUT2D eigenvalue weighted by molar-refractivity contribution is 9.10. The maximum Gasteiger partial charge on any atom is 0.263 e. The number of sulfonamides is 1. The summed E-state index contributed by atoms with van der Waals surface area (Å²) in [6, 6.07) is 12.0. The molecule has 0 aliphatic heterocycles. The Hall–Kier alpha value is -1.84. The average Bonchev–Trinajstić information content (AvgIpc) is 2.67. The topological polar surface area (TPSA) is 88.2 Å². The van der Waals surface area contributed by atoms with Crippen molar-refractivity contribution in [1.82, 2.24) is 4.98 Å². The van der Waals surface area contributed by atoms with E-state index in [9.17, 15) is 13.2 Å². The minimum atomic E-state index is -4.04. The Labute approximate surface area is 190 Å². The van der Waals surface area contributed by atoms with Crippen molar-refractivity contribution in [3.8, 4) is 0 Å². The Morgan fingerprint density at radius 1 is 0.966 bits per heavy atom. The SMILES string of the molecule is O=C(Nc1ccc(Cl)cc1)c1cc(Cl)ccc1NS(=O)(=O)c1cnc(Cl)c(Br)c1. The summed E-state index contributed by atoms with van der Waals surface area (Å²) in [6.07, 6.45) is 1.11. The molecule has 1 aromatic heterocycles. The van der Waals surface area contributed by atoms with Crippen LogP contribution in [-0.2, 0) is 10.0 Å². The molecule has 0 atom stereocenters. The summed E-state index contributed by atoms with van der Waals surface area (Å²) in [6.45, 7) is 0. The molecule has 3 aromatic rings. The van der Waals surface area contributed by atoms with Crippen molar-refractivity contribution in [2.45, 2.75) is 4.90 Å². The van der Waals surface area contributed by atoms with Crippen molar-refractivity contribution in [2.75, 3.05) is 10.0 Å². The lowest BCUT2D eigenvalue weighted by Crippen LogP contribution is -2.19. The van der Waals surface area contributed by atoms with Gasteiger partial charge in [-0.2, -0.15) is 0 Å². The van der Waals surface area contributed by atoms with Crippen LogP contribution in [0.15, 0.2) is 64.1 Å². The normalized spacial score (nSPS) is 11.2. The molecule has 0 fully saturated rings. The molecule has 0 saturated carbocycles. The van der Waals surface area contributed by atoms with Gasteiger partial charge in [0.15, 0.2) is 0 Å². The number of pyridine rings is 1. The largest absolute Gasteiger partial charge is 0.322 e. The van der Waals surface area contributed by atoms with Crippen molar-refractivity contribution < 1.29 is 13.2 Å². The molecule has 3 rings (SSSR count). The fourth-order valence-corrected chi connectivity index (χ4v) is 4.23. The smallest absolute Gasteiger partial charge is 0.263 e. The number of hydrogen-bond acceptors (Lipinski definition) is 4. The van der Waals surface area contributed by atoms with Crippen LogP contribution >= 0.6 is 50.7 Å². The average molecular weight is 536 g/mol. The van der Waals surface area contributed by atoms with Gasteiger partial charge in [-0.25, -0.2) is 13.4 Å². The Morgan fingerprint density at radius 3 is 2.28 bits per heavy atom. The minimum Gasteiger partial charge on any atom is -0.322 e. The molecule has 0 bridgehead atoms. The van der Waals surface area contributed by atoms with Crippen LogP contribution < -0.4 is 10.0 Å². The van der Waals surface area contributed by atoms with Crippen LogP contribution in [-0.4, -0.2) is 19.3 Å². The molecule has 0 aliphatic rings. The predicted molar refractivity (Wildman–Crippen MR) is 119 cm³/mol. The van der Waals surface area contributed by atoms with Gasteiger partial charge in [-0.05, 0) is 64.5 Å². The molecule has 0 saturated heterocycles. The zero-order valence-electron chi connectivity index (χ0n) is 14.3. The second kappa shape index (κ2) is 8.89. The third kappa shape index (κ3) is 5.40. The fourth-order valence-electron chi connectivity index (χ4n) is 2.28. The molecule has 29 heavy (non-hydrogen) atoms. The van der Waals surface area contributed by atoms with Gasteiger partial charge in [0, 0.05) is 21.9 Å². The summed E-state index contributed by atoms with van der Waals surface area (Å²) in [7, 11) is -4.04. The van der Waals surface area contributed by atoms with Crippen molar-refractivity contribution in [2.24, 2.45) is 0 Å². The third-order valence-electron chi connectivity index (χ3n) is 3.65. The Bertz CT molecular complexity index is 1190. The van der Waals surface area contributed by atoms with E-state index in [1.165, 1.54) is 24.3 Å². The van der Waals surface area contributed by atoms with Gasteiger partial charge < -0.3 is 5.32 Å². The number of nitrogens with one attached hydrogen (secondary N) is 2. The van der Waals surface area contributed by atoms with Crippen LogP contribution in [0.25, 0.3) is 0 Å². The molecule has 150 valence electrons. The second-order valence-electron chi connectivity index (χ2n) is 5.70. The maximum absolute atomic E-state index is 12.7.